The third kappa shape index (κ3) is 4.94. The molecule has 176 valence electrons. The lowest BCUT2D eigenvalue weighted by atomic mass is 9.99. The van der Waals surface area contributed by atoms with Gasteiger partial charge >= 0.3 is 6.18 Å². The molecule has 1 aromatic carbocycles. The highest BCUT2D eigenvalue weighted by atomic mass is 35.5. The molecule has 3 rings (SSSR count). The van der Waals surface area contributed by atoms with E-state index in [0.717, 1.165) is 6.07 Å². The number of amides is 1. The second-order valence-electron chi connectivity index (χ2n) is 7.31. The van der Waals surface area contributed by atoms with Crippen LogP contribution in [0.15, 0.2) is 28.9 Å². The highest BCUT2D eigenvalue weighted by molar-refractivity contribution is 6.37. The summed E-state index contributed by atoms with van der Waals surface area (Å²) in [5.41, 5.74) is -3.23. The Hall–Kier alpha value is -2.76. The first kappa shape index (κ1) is 24.9. The van der Waals surface area contributed by atoms with E-state index in [4.69, 9.17) is 27.7 Å². The van der Waals surface area contributed by atoms with Gasteiger partial charge in [0.1, 0.15) is 5.82 Å². The van der Waals surface area contributed by atoms with Gasteiger partial charge in [0.25, 0.3) is 11.8 Å². The predicted molar refractivity (Wildman–Crippen MR) is 111 cm³/mol. The molecule has 0 aliphatic heterocycles. The van der Waals surface area contributed by atoms with Gasteiger partial charge in [0.2, 0.25) is 5.60 Å². The molecule has 0 saturated carbocycles. The second-order valence-corrected chi connectivity index (χ2v) is 8.16. The van der Waals surface area contributed by atoms with Crippen molar-refractivity contribution in [3.63, 3.8) is 0 Å². The maximum atomic E-state index is 14.9. The number of aromatic nitrogens is 3. The quantitative estimate of drug-likeness (QED) is 0.470. The lowest BCUT2D eigenvalue weighted by Crippen LogP contribution is -2.55. The Kier molecular flexibility index (Phi) is 6.69. The molecule has 0 aliphatic carbocycles. The molecule has 0 spiro atoms. The molecule has 2 atom stereocenters. The predicted octanol–water partition coefficient (Wildman–Crippen LogP) is 5.04. The standard InChI is InChI=1S/C20H16Cl2F4N4O3/c1-8(28-18(31)19(3,32)20(24,25)26)16-14(23)4-10(7-27-16)12-5-11(21)6-13(22)15(12)17-29-9(2)30-33-17/h4-8,32H,1-3H3,(H,28,31)/t8-,19-/m1/s1. The zero-order chi connectivity index (χ0) is 24.7. The number of pyridine rings is 1. The average molecular weight is 507 g/mol. The van der Waals surface area contributed by atoms with Gasteiger partial charge < -0.3 is 14.9 Å². The third-order valence-electron chi connectivity index (χ3n) is 4.73. The number of aryl methyl sites for hydroxylation is 1. The van der Waals surface area contributed by atoms with Gasteiger partial charge in [-0.3, -0.25) is 9.78 Å². The van der Waals surface area contributed by atoms with Gasteiger partial charge in [0, 0.05) is 16.8 Å². The van der Waals surface area contributed by atoms with E-state index >= 15 is 0 Å². The molecule has 13 heteroatoms. The lowest BCUT2D eigenvalue weighted by molar-refractivity contribution is -0.245. The third-order valence-corrected chi connectivity index (χ3v) is 5.25. The van der Waals surface area contributed by atoms with Crippen LogP contribution < -0.4 is 5.32 Å². The topological polar surface area (TPSA) is 101 Å². The highest BCUT2D eigenvalue weighted by Crippen LogP contribution is 2.39. The van der Waals surface area contributed by atoms with E-state index in [0.29, 0.717) is 18.3 Å². The van der Waals surface area contributed by atoms with Crippen molar-refractivity contribution in [2.24, 2.45) is 0 Å². The van der Waals surface area contributed by atoms with Crippen LogP contribution in [0.5, 0.6) is 0 Å². The van der Waals surface area contributed by atoms with Crippen LogP contribution in [-0.4, -0.2) is 37.9 Å². The van der Waals surface area contributed by atoms with Gasteiger partial charge in [-0.25, -0.2) is 4.39 Å². The van der Waals surface area contributed by atoms with E-state index in [1.807, 2.05) is 5.32 Å². The largest absolute Gasteiger partial charge is 0.426 e. The van der Waals surface area contributed by atoms with Crippen molar-refractivity contribution in [1.29, 1.82) is 0 Å². The molecule has 7 nitrogen and oxygen atoms in total. The van der Waals surface area contributed by atoms with Crippen molar-refractivity contribution in [2.75, 3.05) is 0 Å². The molecule has 2 heterocycles. The monoisotopic (exact) mass is 506 g/mol. The molecule has 3 aromatic rings. The maximum absolute atomic E-state index is 14.9. The summed E-state index contributed by atoms with van der Waals surface area (Å²) < 4.78 is 58.6. The number of hydrogen-bond acceptors (Lipinski definition) is 6. The van der Waals surface area contributed by atoms with Crippen molar-refractivity contribution in [3.05, 3.63) is 51.8 Å². The van der Waals surface area contributed by atoms with E-state index in [1.54, 1.807) is 6.92 Å². The zero-order valence-corrected chi connectivity index (χ0v) is 18.8. The Morgan fingerprint density at radius 2 is 1.91 bits per heavy atom. The summed E-state index contributed by atoms with van der Waals surface area (Å²) in [6.45, 7) is 3.11. The number of aliphatic hydroxyl groups is 1. The van der Waals surface area contributed by atoms with Gasteiger partial charge in [0.15, 0.2) is 5.82 Å². The van der Waals surface area contributed by atoms with Gasteiger partial charge in [0.05, 0.1) is 22.3 Å². The molecule has 0 saturated heterocycles. The first-order valence-electron chi connectivity index (χ1n) is 9.28. The molecule has 0 radical (unpaired) electrons. The first-order valence-corrected chi connectivity index (χ1v) is 10.0. The van der Waals surface area contributed by atoms with E-state index in [-0.39, 0.29) is 32.8 Å². The van der Waals surface area contributed by atoms with Crippen LogP contribution >= 0.6 is 23.2 Å². The van der Waals surface area contributed by atoms with Crippen molar-refractivity contribution < 1.29 is 32.0 Å². The second kappa shape index (κ2) is 8.88. The molecule has 0 unspecified atom stereocenters. The normalized spacial score (nSPS) is 14.6. The molecule has 1 amide bonds. The molecule has 2 N–H and O–H groups in total. The number of nitrogens with one attached hydrogen (secondary N) is 1. The van der Waals surface area contributed by atoms with Crippen molar-refractivity contribution >= 4 is 29.1 Å². The fourth-order valence-electron chi connectivity index (χ4n) is 2.87. The van der Waals surface area contributed by atoms with Gasteiger partial charge in [-0.2, -0.15) is 18.2 Å². The van der Waals surface area contributed by atoms with Crippen molar-refractivity contribution in [1.82, 2.24) is 20.4 Å². The Bertz CT molecular complexity index is 1210. The van der Waals surface area contributed by atoms with E-state index in [9.17, 15) is 27.5 Å². The summed E-state index contributed by atoms with van der Waals surface area (Å²) in [6, 6.07) is 2.66. The van der Waals surface area contributed by atoms with Crippen LogP contribution in [0.25, 0.3) is 22.6 Å². The summed E-state index contributed by atoms with van der Waals surface area (Å²) >= 11 is 12.4. The van der Waals surface area contributed by atoms with Crippen LogP contribution in [0, 0.1) is 12.7 Å². The molecular weight excluding hydrogens is 491 g/mol. The number of benzene rings is 1. The van der Waals surface area contributed by atoms with Gasteiger partial charge in [-0.05, 0) is 44.5 Å². The summed E-state index contributed by atoms with van der Waals surface area (Å²) in [7, 11) is 0. The average Bonchev–Trinajstić information content (AvgIpc) is 3.11. The molecule has 0 bridgehead atoms. The summed E-state index contributed by atoms with van der Waals surface area (Å²) in [6.07, 6.45) is -4.00. The van der Waals surface area contributed by atoms with Crippen LogP contribution in [0.1, 0.15) is 31.4 Å². The maximum Gasteiger partial charge on any atom is 0.426 e. The van der Waals surface area contributed by atoms with Gasteiger partial charge in [-0.15, -0.1) is 0 Å². The minimum absolute atomic E-state index is 0.0589. The molecule has 0 aliphatic rings. The number of carbonyl (C=O) groups is 1. The fraction of sp³-hybridized carbons (Fsp3) is 0.300. The number of rotatable bonds is 5. The summed E-state index contributed by atoms with van der Waals surface area (Å²) in [5, 5.41) is 15.5. The molecule has 2 aromatic heterocycles. The van der Waals surface area contributed by atoms with Gasteiger partial charge in [-0.1, -0.05) is 28.4 Å². The highest BCUT2D eigenvalue weighted by Gasteiger charge is 2.56. The summed E-state index contributed by atoms with van der Waals surface area (Å²) in [4.78, 5) is 20.0. The number of hydrogen-bond donors (Lipinski definition) is 2. The number of carbonyl (C=O) groups excluding carboxylic acids is 1. The number of halogens is 6. The van der Waals surface area contributed by atoms with E-state index < -0.39 is 29.5 Å². The Morgan fingerprint density at radius 3 is 2.45 bits per heavy atom. The minimum atomic E-state index is -5.22. The fourth-order valence-corrected chi connectivity index (χ4v) is 3.44. The molecular formula is C20H16Cl2F4N4O3. The number of nitrogens with zero attached hydrogens (tertiary/aromatic N) is 3. The van der Waals surface area contributed by atoms with Crippen molar-refractivity contribution in [3.8, 4) is 22.6 Å². The Labute approximate surface area is 194 Å². The zero-order valence-electron chi connectivity index (χ0n) is 17.3. The Morgan fingerprint density at radius 1 is 1.24 bits per heavy atom. The molecule has 0 fully saturated rings. The minimum Gasteiger partial charge on any atom is -0.373 e. The molecule has 33 heavy (non-hydrogen) atoms. The van der Waals surface area contributed by atoms with Crippen LogP contribution in [0.4, 0.5) is 17.6 Å². The van der Waals surface area contributed by atoms with Crippen LogP contribution in [-0.2, 0) is 4.79 Å². The van der Waals surface area contributed by atoms with Crippen LogP contribution in [0.2, 0.25) is 10.0 Å². The summed E-state index contributed by atoms with van der Waals surface area (Å²) in [5.74, 6) is -2.29. The Balaban J connectivity index is 1.97. The first-order chi connectivity index (χ1) is 15.2. The van der Waals surface area contributed by atoms with E-state index in [2.05, 4.69) is 15.1 Å². The van der Waals surface area contributed by atoms with Crippen LogP contribution in [0.3, 0.4) is 0 Å². The lowest BCUT2D eigenvalue weighted by Gasteiger charge is -2.26. The number of alkyl halides is 3. The van der Waals surface area contributed by atoms with E-state index in [1.165, 1.54) is 25.3 Å². The SMILES string of the molecule is Cc1noc(-c2c(Cl)cc(Cl)cc2-c2cnc([C@@H](C)NC(=O)[C@@](C)(O)C(F)(F)F)c(F)c2)n1. The van der Waals surface area contributed by atoms with Crippen molar-refractivity contribution in [2.45, 2.75) is 38.6 Å². The smallest absolute Gasteiger partial charge is 0.373 e.